The van der Waals surface area contributed by atoms with E-state index in [2.05, 4.69) is 11.6 Å². The van der Waals surface area contributed by atoms with Crippen LogP contribution in [0.2, 0.25) is 0 Å². The van der Waals surface area contributed by atoms with Crippen LogP contribution in [0.3, 0.4) is 0 Å². The van der Waals surface area contributed by atoms with Crippen molar-refractivity contribution in [2.24, 2.45) is 0 Å². The molecule has 2 aromatic carbocycles. The molecule has 104 valence electrons. The van der Waals surface area contributed by atoms with Gasteiger partial charge >= 0.3 is 0 Å². The maximum atomic E-state index is 12.5. The largest absolute Gasteiger partial charge is 0.359 e. The summed E-state index contributed by atoms with van der Waals surface area (Å²) in [5, 5.41) is 1.01. The molecule has 1 heterocycles. The number of nitrogens with zero attached hydrogens (tertiary/aromatic N) is 1. The van der Waals surface area contributed by atoms with E-state index in [1.54, 1.807) is 18.0 Å². The van der Waals surface area contributed by atoms with Gasteiger partial charge in [0.25, 0.3) is 5.91 Å². The summed E-state index contributed by atoms with van der Waals surface area (Å²) < 4.78 is 0. The molecule has 0 unspecified atom stereocenters. The molecule has 0 radical (unpaired) electrons. The molecule has 0 spiro atoms. The SMILES string of the molecule is C=Cc1ccc2[nH]cc(N(C)C(=O)c3ccccc3)c2c1. The number of carbonyl (C=O) groups excluding carboxylic acids is 1. The molecule has 1 amide bonds. The van der Waals surface area contributed by atoms with Gasteiger partial charge in [-0.2, -0.15) is 0 Å². The summed E-state index contributed by atoms with van der Waals surface area (Å²) in [6.45, 7) is 3.79. The van der Waals surface area contributed by atoms with Crippen LogP contribution in [0.15, 0.2) is 61.3 Å². The Morgan fingerprint density at radius 1 is 1.19 bits per heavy atom. The third-order valence-corrected chi connectivity index (χ3v) is 3.61. The first-order chi connectivity index (χ1) is 10.2. The Hall–Kier alpha value is -2.81. The Kier molecular flexibility index (Phi) is 3.32. The fraction of sp³-hybridized carbons (Fsp3) is 0.0556. The number of rotatable bonds is 3. The molecular formula is C18H16N2O. The van der Waals surface area contributed by atoms with E-state index >= 15 is 0 Å². The van der Waals surface area contributed by atoms with E-state index in [1.165, 1.54) is 0 Å². The number of hydrogen-bond acceptors (Lipinski definition) is 1. The molecular weight excluding hydrogens is 260 g/mol. The Labute approximate surface area is 123 Å². The second-order valence-electron chi connectivity index (χ2n) is 4.91. The lowest BCUT2D eigenvalue weighted by Gasteiger charge is -2.16. The average Bonchev–Trinajstić information content (AvgIpc) is 2.97. The van der Waals surface area contributed by atoms with Crippen molar-refractivity contribution in [3.63, 3.8) is 0 Å². The van der Waals surface area contributed by atoms with Crippen LogP contribution in [0.25, 0.3) is 17.0 Å². The number of aromatic nitrogens is 1. The smallest absolute Gasteiger partial charge is 0.258 e. The molecule has 0 fully saturated rings. The number of amides is 1. The second-order valence-corrected chi connectivity index (χ2v) is 4.91. The van der Waals surface area contributed by atoms with Gasteiger partial charge in [0.1, 0.15) is 0 Å². The molecule has 0 saturated heterocycles. The van der Waals surface area contributed by atoms with Gasteiger partial charge in [-0.15, -0.1) is 0 Å². The van der Waals surface area contributed by atoms with Crippen molar-refractivity contribution in [1.82, 2.24) is 4.98 Å². The first-order valence-electron chi connectivity index (χ1n) is 6.77. The van der Waals surface area contributed by atoms with Crippen LogP contribution < -0.4 is 4.90 Å². The fourth-order valence-electron chi connectivity index (χ4n) is 2.41. The van der Waals surface area contributed by atoms with Gasteiger partial charge in [0.05, 0.1) is 5.69 Å². The highest BCUT2D eigenvalue weighted by Gasteiger charge is 2.16. The third-order valence-electron chi connectivity index (χ3n) is 3.61. The number of anilines is 1. The van der Waals surface area contributed by atoms with E-state index in [0.717, 1.165) is 22.2 Å². The van der Waals surface area contributed by atoms with Crippen LogP contribution in [0, 0.1) is 0 Å². The summed E-state index contributed by atoms with van der Waals surface area (Å²) >= 11 is 0. The van der Waals surface area contributed by atoms with E-state index in [-0.39, 0.29) is 5.91 Å². The monoisotopic (exact) mass is 276 g/mol. The zero-order chi connectivity index (χ0) is 14.8. The van der Waals surface area contributed by atoms with Crippen molar-refractivity contribution in [3.05, 3.63) is 72.4 Å². The van der Waals surface area contributed by atoms with Gasteiger partial charge in [0, 0.05) is 29.7 Å². The summed E-state index contributed by atoms with van der Waals surface area (Å²) in [6, 6.07) is 15.3. The molecule has 21 heavy (non-hydrogen) atoms. The highest BCUT2D eigenvalue weighted by molar-refractivity contribution is 6.10. The molecule has 0 aliphatic carbocycles. The van der Waals surface area contributed by atoms with Crippen LogP contribution in [0.5, 0.6) is 0 Å². The number of benzene rings is 2. The van der Waals surface area contributed by atoms with Gasteiger partial charge in [-0.1, -0.05) is 36.9 Å². The highest BCUT2D eigenvalue weighted by Crippen LogP contribution is 2.28. The van der Waals surface area contributed by atoms with Crippen LogP contribution in [0.1, 0.15) is 15.9 Å². The van der Waals surface area contributed by atoms with Crippen LogP contribution in [-0.2, 0) is 0 Å². The molecule has 0 saturated carbocycles. The number of aromatic amines is 1. The second kappa shape index (κ2) is 5.29. The van der Waals surface area contributed by atoms with Gasteiger partial charge in [0.2, 0.25) is 0 Å². The van der Waals surface area contributed by atoms with Gasteiger partial charge in [-0.25, -0.2) is 0 Å². The van der Waals surface area contributed by atoms with Crippen molar-refractivity contribution in [2.45, 2.75) is 0 Å². The van der Waals surface area contributed by atoms with Crippen LogP contribution in [0.4, 0.5) is 5.69 Å². The molecule has 1 aromatic heterocycles. The predicted molar refractivity (Wildman–Crippen MR) is 87.6 cm³/mol. The summed E-state index contributed by atoms with van der Waals surface area (Å²) in [5.41, 5.74) is 3.57. The van der Waals surface area contributed by atoms with E-state index in [9.17, 15) is 4.79 Å². The molecule has 3 aromatic rings. The Balaban J connectivity index is 2.03. The van der Waals surface area contributed by atoms with Gasteiger partial charge < -0.3 is 9.88 Å². The minimum Gasteiger partial charge on any atom is -0.359 e. The molecule has 0 aliphatic heterocycles. The summed E-state index contributed by atoms with van der Waals surface area (Å²) in [4.78, 5) is 17.4. The average molecular weight is 276 g/mol. The van der Waals surface area contributed by atoms with Crippen molar-refractivity contribution < 1.29 is 4.79 Å². The Morgan fingerprint density at radius 3 is 2.67 bits per heavy atom. The number of carbonyl (C=O) groups is 1. The van der Waals surface area contributed by atoms with Crippen LogP contribution >= 0.6 is 0 Å². The molecule has 3 rings (SSSR count). The van der Waals surface area contributed by atoms with Gasteiger partial charge in [-0.3, -0.25) is 4.79 Å². The zero-order valence-corrected chi connectivity index (χ0v) is 11.8. The number of hydrogen-bond donors (Lipinski definition) is 1. The molecule has 1 N–H and O–H groups in total. The van der Waals surface area contributed by atoms with Crippen molar-refractivity contribution in [2.75, 3.05) is 11.9 Å². The Morgan fingerprint density at radius 2 is 1.95 bits per heavy atom. The summed E-state index contributed by atoms with van der Waals surface area (Å²) in [6.07, 6.45) is 3.66. The maximum absolute atomic E-state index is 12.5. The highest BCUT2D eigenvalue weighted by atomic mass is 16.2. The number of fused-ring (bicyclic) bond motifs is 1. The maximum Gasteiger partial charge on any atom is 0.258 e. The molecule has 0 aliphatic rings. The standard InChI is InChI=1S/C18H16N2O/c1-3-13-9-10-16-15(11-13)17(12-19-16)20(2)18(21)14-7-5-4-6-8-14/h3-12,19H,1H2,2H3. The molecule has 0 atom stereocenters. The zero-order valence-electron chi connectivity index (χ0n) is 11.8. The quantitative estimate of drug-likeness (QED) is 0.768. The minimum atomic E-state index is -0.0273. The minimum absolute atomic E-state index is 0.0273. The van der Waals surface area contributed by atoms with E-state index in [4.69, 9.17) is 0 Å². The lowest BCUT2D eigenvalue weighted by Crippen LogP contribution is -2.25. The first-order valence-corrected chi connectivity index (χ1v) is 6.77. The predicted octanol–water partition coefficient (Wildman–Crippen LogP) is 4.09. The lowest BCUT2D eigenvalue weighted by molar-refractivity contribution is 0.0993. The van der Waals surface area contributed by atoms with E-state index in [0.29, 0.717) is 5.56 Å². The molecule has 3 heteroatoms. The van der Waals surface area contributed by atoms with Gasteiger partial charge in [-0.05, 0) is 29.8 Å². The van der Waals surface area contributed by atoms with Crippen molar-refractivity contribution >= 4 is 28.6 Å². The fourth-order valence-corrected chi connectivity index (χ4v) is 2.41. The van der Waals surface area contributed by atoms with Crippen molar-refractivity contribution in [1.29, 1.82) is 0 Å². The van der Waals surface area contributed by atoms with Gasteiger partial charge in [0.15, 0.2) is 0 Å². The topological polar surface area (TPSA) is 36.1 Å². The van der Waals surface area contributed by atoms with E-state index in [1.807, 2.05) is 54.7 Å². The molecule has 0 bridgehead atoms. The first kappa shape index (κ1) is 13.2. The van der Waals surface area contributed by atoms with Crippen LogP contribution in [-0.4, -0.2) is 17.9 Å². The summed E-state index contributed by atoms with van der Waals surface area (Å²) in [5.74, 6) is -0.0273. The van der Waals surface area contributed by atoms with Crippen molar-refractivity contribution in [3.8, 4) is 0 Å². The third kappa shape index (κ3) is 2.34. The molecule has 3 nitrogen and oxygen atoms in total. The number of H-pyrrole nitrogens is 1. The Bertz CT molecular complexity index is 802. The normalized spacial score (nSPS) is 10.5. The lowest BCUT2D eigenvalue weighted by atomic mass is 10.1. The van der Waals surface area contributed by atoms with E-state index < -0.39 is 0 Å². The summed E-state index contributed by atoms with van der Waals surface area (Å²) in [7, 11) is 1.79. The number of nitrogens with one attached hydrogen (secondary N) is 1.